The average molecular weight is 277 g/mol. The van der Waals surface area contributed by atoms with Gasteiger partial charge in [0, 0.05) is 6.42 Å². The molecule has 0 aromatic rings. The van der Waals surface area contributed by atoms with Crippen molar-refractivity contribution in [3.05, 3.63) is 11.5 Å². The van der Waals surface area contributed by atoms with Crippen LogP contribution in [0, 0.1) is 0 Å². The second-order valence-electron chi connectivity index (χ2n) is 4.31. The molecule has 0 unspecified atom stereocenters. The van der Waals surface area contributed by atoms with Gasteiger partial charge in [-0.1, -0.05) is 17.8 Å². The van der Waals surface area contributed by atoms with E-state index in [0.717, 1.165) is 11.5 Å². The van der Waals surface area contributed by atoms with Crippen LogP contribution in [-0.2, 0) is 13.6 Å². The molecular formula is C11H20NO3PS. The molecule has 0 N–H and O–H groups in total. The molecular weight excluding hydrogens is 257 g/mol. The minimum Gasteiger partial charge on any atom is -0.305 e. The molecule has 0 atom stereocenters. The lowest BCUT2D eigenvalue weighted by atomic mass is 10.5. The Labute approximate surface area is 107 Å². The zero-order valence-corrected chi connectivity index (χ0v) is 12.5. The zero-order valence-electron chi connectivity index (χ0n) is 10.8. The van der Waals surface area contributed by atoms with Crippen LogP contribution < -0.4 is 0 Å². The first kappa shape index (κ1) is 15.0. The first-order chi connectivity index (χ1) is 7.91. The average Bonchev–Trinajstić information content (AvgIpc) is 2.64. The lowest BCUT2D eigenvalue weighted by Crippen LogP contribution is -2.10. The molecule has 0 aromatic carbocycles. The molecule has 0 saturated heterocycles. The highest BCUT2D eigenvalue weighted by Gasteiger charge is 2.27. The topological polar surface area (TPSA) is 47.9 Å². The van der Waals surface area contributed by atoms with Crippen molar-refractivity contribution in [1.82, 2.24) is 0 Å². The molecule has 0 spiro atoms. The van der Waals surface area contributed by atoms with E-state index in [1.54, 1.807) is 11.8 Å². The Morgan fingerprint density at radius 1 is 1.35 bits per heavy atom. The molecule has 0 fully saturated rings. The third-order valence-corrected chi connectivity index (χ3v) is 4.63. The van der Waals surface area contributed by atoms with Crippen molar-refractivity contribution in [3.8, 4) is 0 Å². The van der Waals surface area contributed by atoms with Gasteiger partial charge in [0.05, 0.1) is 17.3 Å². The van der Waals surface area contributed by atoms with Crippen LogP contribution in [0.3, 0.4) is 0 Å². The van der Waals surface area contributed by atoms with Gasteiger partial charge in [-0.3, -0.25) is 9.56 Å². The van der Waals surface area contributed by atoms with E-state index < -0.39 is 7.60 Å². The Bertz CT molecular complexity index is 329. The maximum atomic E-state index is 12.4. The van der Waals surface area contributed by atoms with Gasteiger partial charge in [-0.25, -0.2) is 0 Å². The van der Waals surface area contributed by atoms with E-state index in [1.807, 2.05) is 39.2 Å². The van der Waals surface area contributed by atoms with Crippen molar-refractivity contribution in [2.75, 3.05) is 6.29 Å². The Balaban J connectivity index is 2.62. The fraction of sp³-hybridized carbons (Fsp3) is 0.727. The summed E-state index contributed by atoms with van der Waals surface area (Å²) in [6.45, 7) is 7.37. The molecule has 0 bridgehead atoms. The maximum Gasteiger partial charge on any atom is 0.352 e. The number of rotatable bonds is 6. The SMILES string of the molecule is CC(C)OP(=O)(CN=C1CC=CS1)OC(C)C. The zero-order chi connectivity index (χ0) is 12.9. The van der Waals surface area contributed by atoms with Gasteiger partial charge in [0.1, 0.15) is 6.29 Å². The van der Waals surface area contributed by atoms with E-state index in [2.05, 4.69) is 4.99 Å². The quantitative estimate of drug-likeness (QED) is 0.687. The van der Waals surface area contributed by atoms with Gasteiger partial charge in [-0.05, 0) is 33.1 Å². The summed E-state index contributed by atoms with van der Waals surface area (Å²) in [4.78, 5) is 4.31. The summed E-state index contributed by atoms with van der Waals surface area (Å²) in [5.74, 6) is 0. The molecule has 1 rings (SSSR count). The van der Waals surface area contributed by atoms with E-state index in [1.165, 1.54) is 0 Å². The summed E-state index contributed by atoms with van der Waals surface area (Å²) < 4.78 is 23.2. The van der Waals surface area contributed by atoms with Crippen molar-refractivity contribution >= 4 is 24.4 Å². The molecule has 0 saturated carbocycles. The van der Waals surface area contributed by atoms with Gasteiger partial charge in [-0.15, -0.1) is 0 Å². The second kappa shape index (κ2) is 6.74. The van der Waals surface area contributed by atoms with Gasteiger partial charge >= 0.3 is 7.60 Å². The number of hydrogen-bond acceptors (Lipinski definition) is 5. The number of aliphatic imine (C=N–C) groups is 1. The molecule has 17 heavy (non-hydrogen) atoms. The predicted octanol–water partition coefficient (Wildman–Crippen LogP) is 4.04. The molecule has 1 heterocycles. The van der Waals surface area contributed by atoms with Crippen LogP contribution in [0.15, 0.2) is 16.5 Å². The van der Waals surface area contributed by atoms with Crippen LogP contribution in [0.4, 0.5) is 0 Å². The summed E-state index contributed by atoms with van der Waals surface area (Å²) in [6, 6.07) is 0. The van der Waals surface area contributed by atoms with Crippen molar-refractivity contribution < 1.29 is 13.6 Å². The Morgan fingerprint density at radius 2 is 1.94 bits per heavy atom. The van der Waals surface area contributed by atoms with Gasteiger partial charge < -0.3 is 9.05 Å². The monoisotopic (exact) mass is 277 g/mol. The van der Waals surface area contributed by atoms with Crippen LogP contribution in [-0.4, -0.2) is 23.5 Å². The highest BCUT2D eigenvalue weighted by atomic mass is 32.2. The normalized spacial score (nSPS) is 18.8. The number of thioether (sulfide) groups is 1. The fourth-order valence-electron chi connectivity index (χ4n) is 1.32. The summed E-state index contributed by atoms with van der Waals surface area (Å²) in [5.41, 5.74) is 0. The van der Waals surface area contributed by atoms with Crippen molar-refractivity contribution in [2.45, 2.75) is 46.3 Å². The Kier molecular flexibility index (Phi) is 5.93. The van der Waals surface area contributed by atoms with E-state index in [-0.39, 0.29) is 18.5 Å². The third-order valence-electron chi connectivity index (χ3n) is 1.76. The van der Waals surface area contributed by atoms with Crippen LogP contribution >= 0.6 is 19.4 Å². The predicted molar refractivity (Wildman–Crippen MR) is 73.7 cm³/mol. The molecule has 0 radical (unpaired) electrons. The number of hydrogen-bond donors (Lipinski definition) is 0. The Hall–Kier alpha value is -0.0900. The first-order valence-corrected chi connectivity index (χ1v) is 8.33. The van der Waals surface area contributed by atoms with Crippen LogP contribution in [0.5, 0.6) is 0 Å². The highest BCUT2D eigenvalue weighted by Crippen LogP contribution is 2.50. The van der Waals surface area contributed by atoms with E-state index >= 15 is 0 Å². The molecule has 98 valence electrons. The number of allylic oxidation sites excluding steroid dienone is 1. The van der Waals surface area contributed by atoms with E-state index in [9.17, 15) is 4.57 Å². The molecule has 6 heteroatoms. The minimum atomic E-state index is -3.11. The Morgan fingerprint density at radius 3 is 2.35 bits per heavy atom. The van der Waals surface area contributed by atoms with E-state index in [4.69, 9.17) is 9.05 Å². The van der Waals surface area contributed by atoms with Crippen LogP contribution in [0.25, 0.3) is 0 Å². The lowest BCUT2D eigenvalue weighted by molar-refractivity contribution is 0.143. The molecule has 0 aromatic heterocycles. The van der Waals surface area contributed by atoms with Gasteiger partial charge in [0.2, 0.25) is 0 Å². The second-order valence-corrected chi connectivity index (χ2v) is 7.21. The lowest BCUT2D eigenvalue weighted by Gasteiger charge is -2.21. The smallest absolute Gasteiger partial charge is 0.305 e. The van der Waals surface area contributed by atoms with E-state index in [0.29, 0.717) is 0 Å². The molecule has 0 aliphatic carbocycles. The van der Waals surface area contributed by atoms with Gasteiger partial charge in [0.25, 0.3) is 0 Å². The summed E-state index contributed by atoms with van der Waals surface area (Å²) in [5, 5.41) is 2.95. The molecule has 4 nitrogen and oxygen atoms in total. The minimum absolute atomic E-state index is 0.105. The molecule has 0 amide bonds. The molecule has 1 aliphatic rings. The summed E-state index contributed by atoms with van der Waals surface area (Å²) in [7, 11) is -3.11. The maximum absolute atomic E-state index is 12.4. The van der Waals surface area contributed by atoms with Crippen molar-refractivity contribution in [1.29, 1.82) is 0 Å². The summed E-state index contributed by atoms with van der Waals surface area (Å²) >= 11 is 1.56. The van der Waals surface area contributed by atoms with Gasteiger partial charge in [0.15, 0.2) is 0 Å². The van der Waals surface area contributed by atoms with Crippen molar-refractivity contribution in [3.63, 3.8) is 0 Å². The third kappa shape index (κ3) is 5.87. The number of nitrogens with zero attached hydrogens (tertiary/aromatic N) is 1. The highest BCUT2D eigenvalue weighted by molar-refractivity contribution is 8.16. The fourth-order valence-corrected chi connectivity index (χ4v) is 3.91. The van der Waals surface area contributed by atoms with Crippen LogP contribution in [0.1, 0.15) is 34.1 Å². The summed E-state index contributed by atoms with van der Waals surface area (Å²) in [6.07, 6.45) is 2.69. The first-order valence-electron chi connectivity index (χ1n) is 5.72. The van der Waals surface area contributed by atoms with Crippen molar-refractivity contribution in [2.24, 2.45) is 4.99 Å². The standard InChI is InChI=1S/C11H20NO3PS/c1-9(2)14-16(13,15-10(3)4)8-12-11-6-5-7-17-11/h5,7,9-10H,6,8H2,1-4H3. The largest absolute Gasteiger partial charge is 0.352 e. The molecule has 1 aliphatic heterocycles. The van der Waals surface area contributed by atoms with Crippen LogP contribution in [0.2, 0.25) is 0 Å². The van der Waals surface area contributed by atoms with Gasteiger partial charge in [-0.2, -0.15) is 0 Å².